The number of aryl methyl sites for hydroxylation is 8. The molecule has 9 aromatic rings. The van der Waals surface area contributed by atoms with Gasteiger partial charge < -0.3 is 48.1 Å². The number of nitrogens with zero attached hydrogens (tertiary/aromatic N) is 9. The number of alkyl halides is 3. The molecular weight excluding hydrogens is 1480 g/mol. The number of ketones is 1. The summed E-state index contributed by atoms with van der Waals surface area (Å²) >= 11 is 0. The highest BCUT2D eigenvalue weighted by molar-refractivity contribution is 6.58. The molecule has 9 aliphatic rings. The number of carboxylic acids is 1. The standard InChI is InChI=1S/C27H28FN3O3.2C27H30FN3O2.C6H16Si.C2HF3O2/c28-21-4-5-22-24(16-21)34-29-26(22)17-7-11-30(12-8-17)13-9-23(32)20-14-18-2-1-10-31-25(33)6-3-19(15-20)27(18)31;2*28-22-6-7-23-24(17-22)33-29-26(23)19-9-13-30(14-10-19)11-1-3-18-15-20-4-2-12-31-25(32)8-5-21(16-18)27(20)31;1-4-7(5-2)6-3;3-2(4,5)1(6)7/h4-5,14-17H,1-3,6-13H2;2*6-7,15-17,19H,1-5,8-14H2;7H,4-6H2,1-3H3;(H,6,7). The zero-order valence-electron chi connectivity index (χ0n) is 65.8. The van der Waals surface area contributed by atoms with E-state index in [2.05, 4.69) is 75.2 Å². The lowest BCUT2D eigenvalue weighted by Gasteiger charge is -2.35. The third kappa shape index (κ3) is 19.1. The normalized spacial score (nSPS) is 18.2. The summed E-state index contributed by atoms with van der Waals surface area (Å²) in [6.45, 7) is 18.5. The number of rotatable bonds is 18. The van der Waals surface area contributed by atoms with Crippen LogP contribution in [0.2, 0.25) is 18.1 Å². The minimum atomic E-state index is -5.08. The Hall–Kier alpha value is -9.04. The Morgan fingerprint density at radius 1 is 0.439 bits per heavy atom. The van der Waals surface area contributed by atoms with Crippen molar-refractivity contribution in [2.24, 2.45) is 0 Å². The molecule has 0 aliphatic carbocycles. The number of carboxylic acid groups (broad SMARTS) is 1. The van der Waals surface area contributed by atoms with Gasteiger partial charge in [-0.1, -0.05) is 78.6 Å². The number of aliphatic carboxylic acids is 1. The second kappa shape index (κ2) is 36.8. The Balaban J connectivity index is 0.000000130. The largest absolute Gasteiger partial charge is 0.490 e. The predicted octanol–water partition coefficient (Wildman–Crippen LogP) is 17.6. The van der Waals surface area contributed by atoms with Crippen molar-refractivity contribution in [2.45, 2.75) is 211 Å². The number of hydrogen-bond donors (Lipinski definition) is 1. The molecule has 0 radical (unpaired) electrons. The first-order valence-corrected chi connectivity index (χ1v) is 44.1. The summed E-state index contributed by atoms with van der Waals surface area (Å²) in [5.41, 5.74) is 19.5. The maximum Gasteiger partial charge on any atom is 0.490 e. The summed E-state index contributed by atoms with van der Waals surface area (Å²) in [5, 5.41) is 22.7. The molecule has 3 saturated heterocycles. The summed E-state index contributed by atoms with van der Waals surface area (Å²) in [5.74, 6) is -1.60. The van der Waals surface area contributed by atoms with Gasteiger partial charge in [-0.2, -0.15) is 13.2 Å². The number of piperidine rings is 3. The Labute approximate surface area is 663 Å². The van der Waals surface area contributed by atoms with Crippen molar-refractivity contribution in [3.05, 3.63) is 176 Å². The summed E-state index contributed by atoms with van der Waals surface area (Å²) in [7, 11) is -0.171. The van der Waals surface area contributed by atoms with Crippen molar-refractivity contribution in [3.63, 3.8) is 0 Å². The van der Waals surface area contributed by atoms with Crippen molar-refractivity contribution < 1.29 is 69.0 Å². The van der Waals surface area contributed by atoms with Gasteiger partial charge in [0, 0.05) is 118 Å². The Morgan fingerprint density at radius 2 is 0.746 bits per heavy atom. The third-order valence-corrected chi connectivity index (χ3v) is 28.5. The van der Waals surface area contributed by atoms with Crippen molar-refractivity contribution >= 4 is 88.2 Å². The summed E-state index contributed by atoms with van der Waals surface area (Å²) < 4.78 is 88.1. The van der Waals surface area contributed by atoms with Crippen LogP contribution in [0.25, 0.3) is 32.9 Å². The minimum absolute atomic E-state index is 0.171. The number of likely N-dealkylation sites (tertiary alicyclic amines) is 3. The maximum atomic E-state index is 13.4. The van der Waals surface area contributed by atoms with E-state index in [9.17, 15) is 45.5 Å². The van der Waals surface area contributed by atoms with Crippen LogP contribution >= 0.6 is 0 Å². The van der Waals surface area contributed by atoms with E-state index in [1.54, 1.807) is 18.2 Å². The van der Waals surface area contributed by atoms with Crippen LogP contribution in [0.5, 0.6) is 0 Å². The van der Waals surface area contributed by atoms with Gasteiger partial charge in [-0.05, 0) is 267 Å². The van der Waals surface area contributed by atoms with E-state index in [1.807, 2.05) is 26.8 Å². The number of hydrogen-bond acceptors (Lipinski definition) is 14. The highest BCUT2D eigenvalue weighted by Gasteiger charge is 2.39. The fraction of sp³-hybridized carbons (Fsp3) is 0.506. The van der Waals surface area contributed by atoms with Gasteiger partial charge in [0.05, 0.1) is 34.1 Å². The molecule has 3 aromatic heterocycles. The molecule has 0 saturated carbocycles. The van der Waals surface area contributed by atoms with E-state index in [4.69, 9.17) is 23.5 Å². The van der Waals surface area contributed by atoms with E-state index in [1.165, 1.54) is 99.3 Å². The first kappa shape index (κ1) is 81.5. The van der Waals surface area contributed by atoms with Crippen LogP contribution in [0.3, 0.4) is 0 Å². The van der Waals surface area contributed by atoms with Crippen molar-refractivity contribution in [1.82, 2.24) is 30.2 Å². The molecule has 0 atom stereocenters. The Morgan fingerprint density at radius 3 is 1.06 bits per heavy atom. The van der Waals surface area contributed by atoms with Gasteiger partial charge in [0.25, 0.3) is 0 Å². The number of Topliss-reactive ketones (excluding diaryl/α,β-unsaturated/α-hetero) is 1. The smallest absolute Gasteiger partial charge is 0.475 e. The highest BCUT2D eigenvalue weighted by atomic mass is 28.3. The number of carbonyl (C=O) groups is 5. The van der Waals surface area contributed by atoms with Gasteiger partial charge in [0.2, 0.25) is 17.7 Å². The molecule has 3 fully saturated rings. The first-order chi connectivity index (χ1) is 55.2. The SMILES string of the molecule is CC[SiH](CC)CC.O=C(CCN1CCC(c2noc3cc(F)ccc23)CC1)c1cc2c3c(c1)CCC(=O)N3CCC2.O=C(O)C(F)(F)F.O=C1CCc2cc(CCCN3CCC(c4noc5cc(F)ccc45)CC3)cc3c2N1CCC3.O=C1CCc2cc(CCCN3CCC(c4noc5cc(F)ccc45)CC3)cc3c2N1CCC3. The number of halogens is 6. The number of fused-ring (bicyclic) bond motifs is 3. The molecule has 0 unspecified atom stereocenters. The Kier molecular flexibility index (Phi) is 26.3. The molecule has 18 rings (SSSR count). The number of carbonyl (C=O) groups excluding carboxylic acids is 4. The van der Waals surface area contributed by atoms with Gasteiger partial charge in [-0.25, -0.2) is 18.0 Å². The van der Waals surface area contributed by atoms with Crippen molar-refractivity contribution in [1.29, 1.82) is 0 Å². The van der Waals surface area contributed by atoms with Crippen LogP contribution in [0.15, 0.2) is 105 Å². The second-order valence-electron chi connectivity index (χ2n) is 32.4. The highest BCUT2D eigenvalue weighted by Crippen LogP contribution is 2.42. The Bertz CT molecular complexity index is 4690. The molecular formula is C89H105F6N9O9Si. The van der Waals surface area contributed by atoms with Crippen LogP contribution in [0, 0.1) is 17.5 Å². The molecule has 0 spiro atoms. The second-order valence-corrected chi connectivity index (χ2v) is 36.5. The van der Waals surface area contributed by atoms with E-state index in [-0.39, 0.29) is 43.9 Å². The molecule has 606 valence electrons. The van der Waals surface area contributed by atoms with Crippen LogP contribution in [-0.2, 0) is 70.5 Å². The van der Waals surface area contributed by atoms with Crippen LogP contribution in [0.1, 0.15) is 207 Å². The molecule has 3 amide bonds. The number of benzene rings is 6. The molecule has 9 aliphatic heterocycles. The number of amides is 3. The van der Waals surface area contributed by atoms with Gasteiger partial charge in [0.1, 0.15) is 17.5 Å². The molecule has 114 heavy (non-hydrogen) atoms. The summed E-state index contributed by atoms with van der Waals surface area (Å²) in [6.07, 6.45) is 16.6. The molecule has 0 bridgehead atoms. The molecule has 25 heteroatoms. The molecule has 12 heterocycles. The van der Waals surface area contributed by atoms with Gasteiger partial charge >= 0.3 is 12.1 Å². The number of aromatic nitrogens is 3. The maximum absolute atomic E-state index is 13.4. The lowest BCUT2D eigenvalue weighted by molar-refractivity contribution is -0.192. The zero-order valence-corrected chi connectivity index (χ0v) is 67.0. The monoisotopic (exact) mass is 1590 g/mol. The molecule has 18 nitrogen and oxygen atoms in total. The van der Waals surface area contributed by atoms with Gasteiger partial charge in [0.15, 0.2) is 22.5 Å². The molecule has 6 aromatic carbocycles. The lowest BCUT2D eigenvalue weighted by Crippen LogP contribution is -2.39. The fourth-order valence-corrected chi connectivity index (χ4v) is 20.5. The van der Waals surface area contributed by atoms with Crippen molar-refractivity contribution in [2.75, 3.05) is 93.2 Å². The molecule has 1 N–H and O–H groups in total. The minimum Gasteiger partial charge on any atom is -0.475 e. The zero-order chi connectivity index (χ0) is 79.7. The average molecular weight is 1590 g/mol. The van der Waals surface area contributed by atoms with Crippen LogP contribution in [0.4, 0.5) is 43.4 Å². The van der Waals surface area contributed by atoms with Crippen LogP contribution < -0.4 is 14.7 Å². The predicted molar refractivity (Wildman–Crippen MR) is 431 cm³/mol. The van der Waals surface area contributed by atoms with E-state index >= 15 is 0 Å². The van der Waals surface area contributed by atoms with E-state index < -0.39 is 12.1 Å². The fourth-order valence-electron chi connectivity index (χ4n) is 18.8. The van der Waals surface area contributed by atoms with Gasteiger partial charge in [-0.15, -0.1) is 0 Å². The van der Waals surface area contributed by atoms with E-state index in [0.717, 1.165) is 256 Å². The third-order valence-electron chi connectivity index (χ3n) is 25.1. The quantitative estimate of drug-likeness (QED) is 0.0482. The number of anilines is 3. The lowest BCUT2D eigenvalue weighted by atomic mass is 9.88. The average Bonchev–Trinajstić information content (AvgIpc) is 1.26. The first-order valence-electron chi connectivity index (χ1n) is 41.7. The van der Waals surface area contributed by atoms with E-state index in [0.29, 0.717) is 66.1 Å². The topological polar surface area (TPSA) is 203 Å². The summed E-state index contributed by atoms with van der Waals surface area (Å²) in [4.78, 5) is 72.2. The van der Waals surface area contributed by atoms with Gasteiger partial charge in [-0.3, -0.25) is 19.2 Å². The van der Waals surface area contributed by atoms with Crippen molar-refractivity contribution in [3.8, 4) is 0 Å². The summed E-state index contributed by atoms with van der Waals surface area (Å²) in [6, 6.07) is 32.0. The van der Waals surface area contributed by atoms with Crippen LogP contribution in [-0.4, -0.2) is 158 Å².